The molecular formula is C18H14ClN3O3. The van der Waals surface area contributed by atoms with Crippen LogP contribution in [0.15, 0.2) is 54.7 Å². The monoisotopic (exact) mass is 355 g/mol. The first-order chi connectivity index (χ1) is 12.0. The van der Waals surface area contributed by atoms with E-state index in [-0.39, 0.29) is 29.5 Å². The Bertz CT molecular complexity index is 864. The molecule has 1 aromatic carbocycles. The number of carbonyl (C=O) groups excluding carboxylic acids is 1. The first-order valence-corrected chi connectivity index (χ1v) is 8.28. The second kappa shape index (κ2) is 5.97. The molecular weight excluding hydrogens is 342 g/mol. The third-order valence-corrected chi connectivity index (χ3v) is 5.09. The van der Waals surface area contributed by atoms with Crippen molar-refractivity contribution in [3.63, 3.8) is 0 Å². The second-order valence-corrected chi connectivity index (χ2v) is 6.64. The van der Waals surface area contributed by atoms with Gasteiger partial charge in [-0.2, -0.15) is 0 Å². The molecule has 1 saturated heterocycles. The largest absolute Gasteiger partial charge is 0.339 e. The van der Waals surface area contributed by atoms with Crippen LogP contribution < -0.4 is 4.90 Å². The molecule has 0 N–H and O–H groups in total. The molecule has 2 bridgehead atoms. The summed E-state index contributed by atoms with van der Waals surface area (Å²) in [4.78, 5) is 28.9. The number of halogens is 1. The molecule has 1 aromatic heterocycles. The van der Waals surface area contributed by atoms with E-state index in [9.17, 15) is 14.9 Å². The Labute approximate surface area is 148 Å². The highest BCUT2D eigenvalue weighted by atomic mass is 35.5. The summed E-state index contributed by atoms with van der Waals surface area (Å²) in [6.07, 6.45) is 5.44. The first-order valence-electron chi connectivity index (χ1n) is 7.91. The van der Waals surface area contributed by atoms with E-state index in [1.165, 1.54) is 12.3 Å². The zero-order valence-electron chi connectivity index (χ0n) is 13.1. The average Bonchev–Trinajstić information content (AvgIpc) is 2.91. The molecule has 7 heteroatoms. The summed E-state index contributed by atoms with van der Waals surface area (Å²) in [7, 11) is 0. The summed E-state index contributed by atoms with van der Waals surface area (Å²) in [6, 6.07) is 10.4. The number of anilines is 1. The Kier molecular flexibility index (Phi) is 3.77. The molecule has 0 aliphatic carbocycles. The highest BCUT2D eigenvalue weighted by Crippen LogP contribution is 2.43. The van der Waals surface area contributed by atoms with Crippen molar-refractivity contribution in [1.29, 1.82) is 0 Å². The van der Waals surface area contributed by atoms with E-state index >= 15 is 0 Å². The van der Waals surface area contributed by atoms with Crippen LogP contribution in [-0.2, 0) is 4.79 Å². The van der Waals surface area contributed by atoms with Gasteiger partial charge in [-0.05, 0) is 36.3 Å². The van der Waals surface area contributed by atoms with Crippen LogP contribution in [0.4, 0.5) is 11.5 Å². The van der Waals surface area contributed by atoms with Crippen molar-refractivity contribution in [3.8, 4) is 0 Å². The van der Waals surface area contributed by atoms with Crippen LogP contribution in [-0.4, -0.2) is 27.8 Å². The lowest BCUT2D eigenvalue weighted by Gasteiger charge is -2.32. The average molecular weight is 356 g/mol. The fraction of sp³-hybridized carbons (Fsp3) is 0.222. The number of aromatic nitrogens is 1. The van der Waals surface area contributed by atoms with Crippen LogP contribution in [0.25, 0.3) is 0 Å². The summed E-state index contributed by atoms with van der Waals surface area (Å²) < 4.78 is 0. The van der Waals surface area contributed by atoms with E-state index in [1.807, 2.05) is 35.2 Å². The van der Waals surface area contributed by atoms with Crippen molar-refractivity contribution < 1.29 is 9.72 Å². The number of nitro groups is 1. The van der Waals surface area contributed by atoms with E-state index < -0.39 is 4.92 Å². The Balaban J connectivity index is 1.70. The lowest BCUT2D eigenvalue weighted by Crippen LogP contribution is -2.43. The highest BCUT2D eigenvalue weighted by Gasteiger charge is 2.46. The minimum Gasteiger partial charge on any atom is -0.339 e. The van der Waals surface area contributed by atoms with Gasteiger partial charge in [-0.1, -0.05) is 29.8 Å². The maximum Gasteiger partial charge on any atom is 0.287 e. The fourth-order valence-corrected chi connectivity index (χ4v) is 3.80. The van der Waals surface area contributed by atoms with Gasteiger partial charge in [-0.15, -0.1) is 0 Å². The molecule has 126 valence electrons. The van der Waals surface area contributed by atoms with Crippen LogP contribution in [0.1, 0.15) is 17.9 Å². The number of ketones is 1. The molecule has 3 atom stereocenters. The SMILES string of the molecule is O=C1C=CC2C(c3ccc(Cl)cc3)CC1N2c1ccc([N+](=O)[O-])cn1. The van der Waals surface area contributed by atoms with Crippen molar-refractivity contribution in [2.75, 3.05) is 4.90 Å². The zero-order chi connectivity index (χ0) is 17.6. The van der Waals surface area contributed by atoms with E-state index in [4.69, 9.17) is 11.6 Å². The smallest absolute Gasteiger partial charge is 0.287 e. The van der Waals surface area contributed by atoms with Gasteiger partial charge in [0.2, 0.25) is 0 Å². The summed E-state index contributed by atoms with van der Waals surface area (Å²) in [5.74, 6) is 0.754. The number of hydrogen-bond donors (Lipinski definition) is 0. The Hall–Kier alpha value is -2.73. The molecule has 6 nitrogen and oxygen atoms in total. The molecule has 0 spiro atoms. The van der Waals surface area contributed by atoms with Crippen LogP contribution in [0, 0.1) is 10.1 Å². The molecule has 4 rings (SSSR count). The summed E-state index contributed by atoms with van der Waals surface area (Å²) in [6.45, 7) is 0. The van der Waals surface area contributed by atoms with Gasteiger partial charge in [0, 0.05) is 17.0 Å². The lowest BCUT2D eigenvalue weighted by atomic mass is 9.91. The van der Waals surface area contributed by atoms with Gasteiger partial charge >= 0.3 is 0 Å². The summed E-state index contributed by atoms with van der Waals surface area (Å²) >= 11 is 5.97. The van der Waals surface area contributed by atoms with Gasteiger partial charge in [0.15, 0.2) is 5.78 Å². The molecule has 3 unspecified atom stereocenters. The van der Waals surface area contributed by atoms with Crippen molar-refractivity contribution in [1.82, 2.24) is 4.98 Å². The van der Waals surface area contributed by atoms with Gasteiger partial charge in [0.05, 0.1) is 17.0 Å². The molecule has 0 saturated carbocycles. The molecule has 2 aromatic rings. The number of rotatable bonds is 3. The number of nitrogens with zero attached hydrogens (tertiary/aromatic N) is 3. The van der Waals surface area contributed by atoms with E-state index in [0.717, 1.165) is 5.56 Å². The molecule has 2 aliphatic rings. The minimum atomic E-state index is -0.483. The quantitative estimate of drug-likeness (QED) is 0.622. The van der Waals surface area contributed by atoms with Gasteiger partial charge in [-0.3, -0.25) is 14.9 Å². The maximum absolute atomic E-state index is 12.4. The summed E-state index contributed by atoms with van der Waals surface area (Å²) in [5, 5.41) is 11.5. The highest BCUT2D eigenvalue weighted by molar-refractivity contribution is 6.30. The number of carbonyl (C=O) groups is 1. The zero-order valence-corrected chi connectivity index (χ0v) is 13.8. The number of benzene rings is 1. The van der Waals surface area contributed by atoms with Crippen LogP contribution in [0.5, 0.6) is 0 Å². The summed E-state index contributed by atoms with van der Waals surface area (Å²) in [5.41, 5.74) is 1.05. The first kappa shape index (κ1) is 15.8. The molecule has 3 heterocycles. The van der Waals surface area contributed by atoms with Gasteiger partial charge in [-0.25, -0.2) is 4.98 Å². The molecule has 0 amide bonds. The van der Waals surface area contributed by atoms with Gasteiger partial charge in [0.1, 0.15) is 12.0 Å². The van der Waals surface area contributed by atoms with E-state index in [0.29, 0.717) is 17.3 Å². The standard InChI is InChI=1S/C18H14ClN3O3/c19-12-3-1-11(2-4-12)14-9-16-17(23)7-6-15(14)21(16)18-8-5-13(10-20-18)22(24)25/h1-8,10,14-16H,9H2. The van der Waals surface area contributed by atoms with Crippen molar-refractivity contribution in [2.24, 2.45) is 0 Å². The van der Waals surface area contributed by atoms with Crippen LogP contribution in [0.2, 0.25) is 5.02 Å². The third kappa shape index (κ3) is 2.68. The maximum atomic E-state index is 12.4. The normalized spacial score (nSPS) is 24.6. The van der Waals surface area contributed by atoms with Crippen LogP contribution in [0.3, 0.4) is 0 Å². The van der Waals surface area contributed by atoms with Crippen molar-refractivity contribution in [3.05, 3.63) is 75.4 Å². The third-order valence-electron chi connectivity index (χ3n) is 4.84. The number of fused-ring (bicyclic) bond motifs is 2. The minimum absolute atomic E-state index is 0.0159. The Morgan fingerprint density at radius 3 is 2.60 bits per heavy atom. The number of pyridine rings is 1. The topological polar surface area (TPSA) is 76.3 Å². The van der Waals surface area contributed by atoms with Crippen LogP contribution >= 0.6 is 11.6 Å². The van der Waals surface area contributed by atoms with Gasteiger partial charge < -0.3 is 4.90 Å². The Morgan fingerprint density at radius 2 is 1.96 bits per heavy atom. The fourth-order valence-electron chi connectivity index (χ4n) is 3.67. The predicted molar refractivity (Wildman–Crippen MR) is 93.9 cm³/mol. The van der Waals surface area contributed by atoms with E-state index in [1.54, 1.807) is 12.1 Å². The molecule has 2 aliphatic heterocycles. The molecule has 0 radical (unpaired) electrons. The van der Waals surface area contributed by atoms with E-state index in [2.05, 4.69) is 4.98 Å². The predicted octanol–water partition coefficient (Wildman–Crippen LogP) is 3.51. The van der Waals surface area contributed by atoms with Crippen molar-refractivity contribution in [2.45, 2.75) is 24.4 Å². The number of hydrogen-bond acceptors (Lipinski definition) is 5. The molecule has 1 fully saturated rings. The second-order valence-electron chi connectivity index (χ2n) is 6.20. The Morgan fingerprint density at radius 1 is 1.20 bits per heavy atom. The lowest BCUT2D eigenvalue weighted by molar-refractivity contribution is -0.385. The van der Waals surface area contributed by atoms with Gasteiger partial charge in [0.25, 0.3) is 5.69 Å². The van der Waals surface area contributed by atoms with Crippen molar-refractivity contribution >= 4 is 28.9 Å². The molecule has 25 heavy (non-hydrogen) atoms.